The number of cyclic esters (lactones) is 1. The Morgan fingerprint density at radius 2 is 1.84 bits per heavy atom. The van der Waals surface area contributed by atoms with Gasteiger partial charge in [-0.15, -0.1) is 0 Å². The molecule has 0 N–H and O–H groups in total. The van der Waals surface area contributed by atoms with Crippen molar-refractivity contribution in [1.82, 2.24) is 4.90 Å². The number of hydrogen-bond donors (Lipinski definition) is 0. The molecule has 1 aliphatic carbocycles. The Morgan fingerprint density at radius 1 is 1.12 bits per heavy atom. The Morgan fingerprint density at radius 3 is 2.50 bits per heavy atom. The lowest BCUT2D eigenvalue weighted by molar-refractivity contribution is -0.131. The van der Waals surface area contributed by atoms with Crippen LogP contribution in [0.2, 0.25) is 0 Å². The fourth-order valence-corrected chi connectivity index (χ4v) is 5.03. The minimum atomic E-state index is -0.679. The molecule has 170 valence electrons. The molecule has 2 amide bonds. The number of carbonyl (C=O) groups excluding carboxylic acids is 2. The van der Waals surface area contributed by atoms with Gasteiger partial charge in [-0.25, -0.2) is 9.69 Å². The summed E-state index contributed by atoms with van der Waals surface area (Å²) in [5.41, 5.74) is 1.53. The summed E-state index contributed by atoms with van der Waals surface area (Å²) in [5, 5.41) is 0. The lowest BCUT2D eigenvalue weighted by Crippen LogP contribution is -2.48. The van der Waals surface area contributed by atoms with Crippen molar-refractivity contribution in [3.63, 3.8) is 0 Å². The van der Waals surface area contributed by atoms with E-state index < -0.39 is 11.7 Å². The van der Waals surface area contributed by atoms with E-state index in [9.17, 15) is 9.59 Å². The van der Waals surface area contributed by atoms with Crippen molar-refractivity contribution >= 4 is 12.0 Å². The van der Waals surface area contributed by atoms with E-state index in [0.717, 1.165) is 29.7 Å². The summed E-state index contributed by atoms with van der Waals surface area (Å²) in [6, 6.07) is 17.9. The molecule has 1 saturated carbocycles. The van der Waals surface area contributed by atoms with E-state index in [-0.39, 0.29) is 23.8 Å². The zero-order chi connectivity index (χ0) is 22.9. The first kappa shape index (κ1) is 22.4. The quantitative estimate of drug-likeness (QED) is 0.516. The fourth-order valence-electron chi connectivity index (χ4n) is 5.03. The molecule has 2 aromatic carbocycles. The summed E-state index contributed by atoms with van der Waals surface area (Å²) in [7, 11) is 0. The van der Waals surface area contributed by atoms with E-state index in [1.54, 1.807) is 0 Å². The lowest BCUT2D eigenvalue weighted by atomic mass is 9.87. The maximum Gasteiger partial charge on any atom is 0.417 e. The van der Waals surface area contributed by atoms with Gasteiger partial charge in [-0.3, -0.25) is 4.79 Å². The first-order valence-corrected chi connectivity index (χ1v) is 11.6. The second kappa shape index (κ2) is 8.97. The number of ether oxygens (including phenoxy) is 2. The van der Waals surface area contributed by atoms with Gasteiger partial charge in [-0.1, -0.05) is 56.3 Å². The van der Waals surface area contributed by atoms with Gasteiger partial charge in [-0.2, -0.15) is 0 Å². The molecule has 1 aliphatic heterocycles. The molecule has 5 nitrogen and oxygen atoms in total. The number of carbonyl (C=O) groups is 2. The SMILES string of the molecule is CC(C)[C@@H]1N(C(=O)C[C@H](c2cccc(OCc3ccccc3)c2)C2CC2)C(=O)OC1(C)C. The number of amides is 2. The molecule has 1 saturated heterocycles. The molecule has 0 aromatic heterocycles. The predicted molar refractivity (Wildman–Crippen MR) is 123 cm³/mol. The van der Waals surface area contributed by atoms with Crippen LogP contribution in [0.25, 0.3) is 0 Å². The summed E-state index contributed by atoms with van der Waals surface area (Å²) in [5.74, 6) is 1.31. The van der Waals surface area contributed by atoms with E-state index in [4.69, 9.17) is 9.47 Å². The highest BCUT2D eigenvalue weighted by atomic mass is 16.6. The average Bonchev–Trinajstić information content (AvgIpc) is 3.55. The Hall–Kier alpha value is -2.82. The summed E-state index contributed by atoms with van der Waals surface area (Å²) in [6.45, 7) is 8.33. The smallest absolute Gasteiger partial charge is 0.417 e. The van der Waals surface area contributed by atoms with Crippen molar-refractivity contribution in [2.45, 2.75) is 71.1 Å². The van der Waals surface area contributed by atoms with Crippen molar-refractivity contribution in [3.05, 3.63) is 65.7 Å². The number of imide groups is 1. The summed E-state index contributed by atoms with van der Waals surface area (Å²) in [6.07, 6.45) is 2.00. The molecule has 2 fully saturated rings. The van der Waals surface area contributed by atoms with Gasteiger partial charge < -0.3 is 9.47 Å². The van der Waals surface area contributed by atoms with Gasteiger partial charge in [-0.05, 0) is 67.7 Å². The van der Waals surface area contributed by atoms with Crippen LogP contribution in [0.4, 0.5) is 4.79 Å². The van der Waals surface area contributed by atoms with Gasteiger partial charge in [0.25, 0.3) is 0 Å². The first-order valence-electron chi connectivity index (χ1n) is 11.6. The van der Waals surface area contributed by atoms with Crippen molar-refractivity contribution in [3.8, 4) is 5.75 Å². The van der Waals surface area contributed by atoms with Gasteiger partial charge in [0, 0.05) is 6.42 Å². The van der Waals surface area contributed by atoms with Crippen LogP contribution in [0.15, 0.2) is 54.6 Å². The summed E-state index contributed by atoms with van der Waals surface area (Å²) >= 11 is 0. The van der Waals surface area contributed by atoms with E-state index >= 15 is 0 Å². The number of rotatable bonds is 8. The van der Waals surface area contributed by atoms with Crippen LogP contribution in [0.1, 0.15) is 64.0 Å². The number of nitrogens with zero attached hydrogens (tertiary/aromatic N) is 1. The van der Waals surface area contributed by atoms with Crippen molar-refractivity contribution in [2.24, 2.45) is 11.8 Å². The van der Waals surface area contributed by atoms with Gasteiger partial charge in [0.05, 0.1) is 6.04 Å². The average molecular weight is 436 g/mol. The fraction of sp³-hybridized carbons (Fsp3) is 0.481. The van der Waals surface area contributed by atoms with Crippen molar-refractivity contribution in [2.75, 3.05) is 0 Å². The lowest BCUT2D eigenvalue weighted by Gasteiger charge is -2.31. The molecule has 2 aromatic rings. The van der Waals surface area contributed by atoms with Crippen LogP contribution in [0.5, 0.6) is 5.75 Å². The maximum atomic E-state index is 13.4. The topological polar surface area (TPSA) is 55.8 Å². The molecule has 32 heavy (non-hydrogen) atoms. The normalized spacial score (nSPS) is 20.8. The molecule has 0 spiro atoms. The predicted octanol–water partition coefficient (Wildman–Crippen LogP) is 5.93. The molecule has 0 bridgehead atoms. The summed E-state index contributed by atoms with van der Waals surface area (Å²) < 4.78 is 11.6. The van der Waals surface area contributed by atoms with Crippen LogP contribution in [0, 0.1) is 11.8 Å². The largest absolute Gasteiger partial charge is 0.489 e. The third kappa shape index (κ3) is 4.82. The molecule has 0 radical (unpaired) electrons. The minimum Gasteiger partial charge on any atom is -0.489 e. The second-order valence-electron chi connectivity index (χ2n) is 9.92. The highest BCUT2D eigenvalue weighted by Crippen LogP contribution is 2.46. The van der Waals surface area contributed by atoms with Crippen LogP contribution >= 0.6 is 0 Å². The third-order valence-electron chi connectivity index (χ3n) is 6.56. The van der Waals surface area contributed by atoms with Crippen LogP contribution < -0.4 is 4.74 Å². The maximum absolute atomic E-state index is 13.4. The van der Waals surface area contributed by atoms with E-state index in [1.807, 2.05) is 76.2 Å². The third-order valence-corrected chi connectivity index (χ3v) is 6.56. The van der Waals surface area contributed by atoms with Crippen LogP contribution in [-0.4, -0.2) is 28.5 Å². The number of hydrogen-bond acceptors (Lipinski definition) is 4. The zero-order valence-electron chi connectivity index (χ0n) is 19.4. The summed E-state index contributed by atoms with van der Waals surface area (Å²) in [4.78, 5) is 27.3. The van der Waals surface area contributed by atoms with Crippen LogP contribution in [0.3, 0.4) is 0 Å². The molecule has 1 heterocycles. The Balaban J connectivity index is 1.49. The van der Waals surface area contributed by atoms with Crippen molar-refractivity contribution < 1.29 is 19.1 Å². The highest BCUT2D eigenvalue weighted by molar-refractivity contribution is 5.94. The van der Waals surface area contributed by atoms with E-state index in [1.165, 1.54) is 4.90 Å². The van der Waals surface area contributed by atoms with Crippen molar-refractivity contribution in [1.29, 1.82) is 0 Å². The van der Waals surface area contributed by atoms with Gasteiger partial charge in [0.15, 0.2) is 0 Å². The second-order valence-corrected chi connectivity index (χ2v) is 9.92. The Kier molecular flexibility index (Phi) is 6.27. The highest BCUT2D eigenvalue weighted by Gasteiger charge is 2.52. The number of benzene rings is 2. The van der Waals surface area contributed by atoms with Crippen LogP contribution in [-0.2, 0) is 16.1 Å². The van der Waals surface area contributed by atoms with Gasteiger partial charge in [0.2, 0.25) is 5.91 Å². The molecule has 0 unspecified atom stereocenters. The molecule has 2 aliphatic rings. The molecule has 5 heteroatoms. The first-order chi connectivity index (χ1) is 15.3. The zero-order valence-corrected chi connectivity index (χ0v) is 19.4. The Bertz CT molecular complexity index is 965. The van der Waals surface area contributed by atoms with Gasteiger partial charge >= 0.3 is 6.09 Å². The minimum absolute atomic E-state index is 0.0760. The van der Waals surface area contributed by atoms with Gasteiger partial charge in [0.1, 0.15) is 18.0 Å². The molecule has 2 atom stereocenters. The monoisotopic (exact) mass is 435 g/mol. The van der Waals surface area contributed by atoms with E-state index in [2.05, 4.69) is 6.07 Å². The van der Waals surface area contributed by atoms with E-state index in [0.29, 0.717) is 18.9 Å². The molecule has 4 rings (SSSR count). The molecular formula is C27H33NO4. The Labute approximate surface area is 190 Å². The standard InChI is InChI=1S/C27H33NO4/c1-18(2)25-27(3,4)32-26(30)28(25)24(29)16-23(20-13-14-20)21-11-8-12-22(15-21)31-17-19-9-6-5-7-10-19/h5-12,15,18,20,23,25H,13-14,16-17H2,1-4H3/t23-,25-/m0/s1. The molecular weight excluding hydrogens is 402 g/mol.